The Hall–Kier alpha value is -1.06. The van der Waals surface area contributed by atoms with E-state index < -0.39 is 11.9 Å². The minimum Gasteiger partial charge on any atom is -0.486 e. The minimum atomic E-state index is -0.687. The minimum absolute atomic E-state index is 0.155. The molecule has 1 aromatic rings. The first-order valence-electron chi connectivity index (χ1n) is 4.90. The lowest BCUT2D eigenvalue weighted by molar-refractivity contribution is 0.198. The molecule has 1 N–H and O–H groups in total. The van der Waals surface area contributed by atoms with Crippen LogP contribution in [-0.4, -0.2) is 11.7 Å². The zero-order chi connectivity index (χ0) is 12.1. The normalized spacial score (nSPS) is 13.7. The summed E-state index contributed by atoms with van der Waals surface area (Å²) in [4.78, 5) is 0. The molecule has 0 fully saturated rings. The summed E-state index contributed by atoms with van der Waals surface area (Å²) >= 11 is 5.46. The van der Waals surface area contributed by atoms with Crippen LogP contribution in [0.3, 0.4) is 0 Å². The van der Waals surface area contributed by atoms with Gasteiger partial charge in [0.05, 0.1) is 6.10 Å². The van der Waals surface area contributed by atoms with E-state index in [4.69, 9.17) is 16.3 Å². The number of aliphatic hydroxyl groups is 1. The molecule has 0 aliphatic rings. The Morgan fingerprint density at radius 2 is 2.31 bits per heavy atom. The van der Waals surface area contributed by atoms with Crippen LogP contribution in [0.2, 0.25) is 0 Å². The summed E-state index contributed by atoms with van der Waals surface area (Å²) in [6, 6.07) is 4.39. The Bertz CT molecular complexity index is 389. The van der Waals surface area contributed by atoms with Crippen molar-refractivity contribution in [3.05, 3.63) is 40.7 Å². The Balaban J connectivity index is 2.75. The molecule has 0 heterocycles. The Labute approximate surface area is 99.3 Å². The molecule has 88 valence electrons. The molecule has 2 nitrogen and oxygen atoms in total. The molecule has 1 atom stereocenters. The molecule has 16 heavy (non-hydrogen) atoms. The van der Waals surface area contributed by atoms with Crippen molar-refractivity contribution in [2.24, 2.45) is 0 Å². The Morgan fingerprint density at radius 1 is 1.62 bits per heavy atom. The molecule has 1 aromatic carbocycles. The van der Waals surface area contributed by atoms with Crippen LogP contribution in [0.15, 0.2) is 29.3 Å². The lowest BCUT2D eigenvalue weighted by Gasteiger charge is -2.09. The smallest absolute Gasteiger partial charge is 0.165 e. The first-order chi connectivity index (χ1) is 7.54. The second-order valence-electron chi connectivity index (χ2n) is 3.61. The fourth-order valence-corrected chi connectivity index (χ4v) is 1.18. The molecule has 4 heteroatoms. The fourth-order valence-electron chi connectivity index (χ4n) is 1.12. The van der Waals surface area contributed by atoms with Crippen LogP contribution in [0.4, 0.5) is 4.39 Å². The molecule has 0 bridgehead atoms. The molecule has 0 radical (unpaired) electrons. The molecule has 0 aliphatic heterocycles. The maximum atomic E-state index is 13.5. The van der Waals surface area contributed by atoms with Crippen molar-refractivity contribution in [2.75, 3.05) is 6.61 Å². The zero-order valence-electron chi connectivity index (χ0n) is 9.21. The first kappa shape index (κ1) is 13.0. The number of rotatable bonds is 4. The number of hydrogen-bond acceptors (Lipinski definition) is 2. The maximum absolute atomic E-state index is 13.5. The molecule has 0 spiro atoms. The molecule has 0 amide bonds. The Morgan fingerprint density at radius 3 is 2.81 bits per heavy atom. The number of hydrogen-bond donors (Lipinski definition) is 1. The first-order valence-corrected chi connectivity index (χ1v) is 5.34. The number of aliphatic hydroxyl groups excluding tert-OH is 1. The topological polar surface area (TPSA) is 29.5 Å². The second kappa shape index (κ2) is 5.87. The predicted octanol–water partition coefficient (Wildman–Crippen LogP) is 3.40. The van der Waals surface area contributed by atoms with Gasteiger partial charge in [-0.05, 0) is 37.1 Å². The summed E-state index contributed by atoms with van der Waals surface area (Å²) in [5, 5.41) is 9.26. The van der Waals surface area contributed by atoms with Gasteiger partial charge < -0.3 is 9.84 Å². The highest BCUT2D eigenvalue weighted by Crippen LogP contribution is 2.22. The lowest BCUT2D eigenvalue weighted by atomic mass is 10.1. The number of benzene rings is 1. The van der Waals surface area contributed by atoms with Gasteiger partial charge in [0, 0.05) is 5.54 Å². The van der Waals surface area contributed by atoms with Crippen molar-refractivity contribution in [3.63, 3.8) is 0 Å². The number of ether oxygens (including phenoxy) is 1. The van der Waals surface area contributed by atoms with Gasteiger partial charge in [-0.15, -0.1) is 0 Å². The van der Waals surface area contributed by atoms with Gasteiger partial charge in [-0.2, -0.15) is 0 Å². The van der Waals surface area contributed by atoms with E-state index in [0.717, 1.165) is 5.57 Å². The standard InChI is InChI=1S/C12H14ClFO2/c1-8(6-13)7-16-12-4-3-10(9(2)15)5-11(12)14/h3-6,9,15H,7H2,1-2H3/b8-6+/t9-/m1/s1. The largest absolute Gasteiger partial charge is 0.486 e. The van der Waals surface area contributed by atoms with Crippen LogP contribution < -0.4 is 4.74 Å². The third kappa shape index (κ3) is 3.51. The Kier molecular flexibility index (Phi) is 4.77. The van der Waals surface area contributed by atoms with E-state index in [9.17, 15) is 9.50 Å². The molecular formula is C12H14ClFO2. The zero-order valence-corrected chi connectivity index (χ0v) is 9.96. The summed E-state index contributed by atoms with van der Waals surface area (Å²) < 4.78 is 18.7. The van der Waals surface area contributed by atoms with Crippen LogP contribution in [0.25, 0.3) is 0 Å². The third-order valence-corrected chi connectivity index (χ3v) is 2.45. The van der Waals surface area contributed by atoms with E-state index >= 15 is 0 Å². The van der Waals surface area contributed by atoms with Gasteiger partial charge in [-0.25, -0.2) is 4.39 Å². The van der Waals surface area contributed by atoms with Crippen molar-refractivity contribution in [1.82, 2.24) is 0 Å². The summed E-state index contributed by atoms with van der Waals surface area (Å²) in [5.41, 5.74) is 2.72. The molecule has 0 saturated heterocycles. The van der Waals surface area contributed by atoms with Gasteiger partial charge in [0.25, 0.3) is 0 Å². The van der Waals surface area contributed by atoms with Gasteiger partial charge in [-0.1, -0.05) is 17.7 Å². The molecule has 0 unspecified atom stereocenters. The quantitative estimate of drug-likeness (QED) is 0.880. The highest BCUT2D eigenvalue weighted by Gasteiger charge is 2.07. The van der Waals surface area contributed by atoms with Crippen LogP contribution in [-0.2, 0) is 0 Å². The summed E-state index contributed by atoms with van der Waals surface area (Å²) in [5.74, 6) is -0.331. The lowest BCUT2D eigenvalue weighted by Crippen LogP contribution is -2.01. The van der Waals surface area contributed by atoms with Crippen LogP contribution >= 0.6 is 11.6 Å². The maximum Gasteiger partial charge on any atom is 0.165 e. The highest BCUT2D eigenvalue weighted by atomic mass is 35.5. The average molecular weight is 245 g/mol. The molecule has 0 aromatic heterocycles. The molecule has 0 saturated carbocycles. The van der Waals surface area contributed by atoms with Gasteiger partial charge in [0.1, 0.15) is 6.61 Å². The van der Waals surface area contributed by atoms with Crippen molar-refractivity contribution in [2.45, 2.75) is 20.0 Å². The van der Waals surface area contributed by atoms with Crippen molar-refractivity contribution >= 4 is 11.6 Å². The fraction of sp³-hybridized carbons (Fsp3) is 0.333. The van der Waals surface area contributed by atoms with Crippen molar-refractivity contribution < 1.29 is 14.2 Å². The van der Waals surface area contributed by atoms with Crippen molar-refractivity contribution in [1.29, 1.82) is 0 Å². The van der Waals surface area contributed by atoms with Gasteiger partial charge in [0.2, 0.25) is 0 Å². The predicted molar refractivity (Wildman–Crippen MR) is 62.1 cm³/mol. The van der Waals surface area contributed by atoms with Gasteiger partial charge >= 0.3 is 0 Å². The van der Waals surface area contributed by atoms with Gasteiger partial charge in [-0.3, -0.25) is 0 Å². The van der Waals surface area contributed by atoms with Gasteiger partial charge in [0.15, 0.2) is 11.6 Å². The van der Waals surface area contributed by atoms with Crippen LogP contribution in [0, 0.1) is 5.82 Å². The summed E-state index contributed by atoms with van der Waals surface area (Å²) in [6.07, 6.45) is -0.687. The highest BCUT2D eigenvalue weighted by molar-refractivity contribution is 6.25. The number of halogens is 2. The van der Waals surface area contributed by atoms with Crippen LogP contribution in [0.5, 0.6) is 5.75 Å². The van der Waals surface area contributed by atoms with E-state index in [1.807, 2.05) is 0 Å². The molecule has 1 rings (SSSR count). The summed E-state index contributed by atoms with van der Waals surface area (Å²) in [7, 11) is 0. The third-order valence-electron chi connectivity index (χ3n) is 2.08. The van der Waals surface area contributed by atoms with E-state index in [1.54, 1.807) is 19.9 Å². The van der Waals surface area contributed by atoms with Crippen LogP contribution in [0.1, 0.15) is 25.5 Å². The summed E-state index contributed by atoms with van der Waals surface area (Å²) in [6.45, 7) is 3.61. The molecular weight excluding hydrogens is 231 g/mol. The second-order valence-corrected chi connectivity index (χ2v) is 3.83. The van der Waals surface area contributed by atoms with E-state index in [2.05, 4.69) is 0 Å². The van der Waals surface area contributed by atoms with E-state index in [-0.39, 0.29) is 12.4 Å². The van der Waals surface area contributed by atoms with E-state index in [0.29, 0.717) is 5.56 Å². The molecule has 0 aliphatic carbocycles. The monoisotopic (exact) mass is 244 g/mol. The average Bonchev–Trinajstić information content (AvgIpc) is 2.26. The van der Waals surface area contributed by atoms with Crippen molar-refractivity contribution in [3.8, 4) is 5.75 Å². The SMILES string of the molecule is C/C(=C\Cl)COc1ccc([C@@H](C)O)cc1F. The van der Waals surface area contributed by atoms with E-state index in [1.165, 1.54) is 17.7 Å².